The van der Waals surface area contributed by atoms with Crippen LogP contribution < -0.4 is 10.2 Å². The zero-order chi connectivity index (χ0) is 27.5. The lowest BCUT2D eigenvalue weighted by molar-refractivity contribution is -0.122. The molecule has 0 bridgehead atoms. The topological polar surface area (TPSA) is 70.5 Å². The van der Waals surface area contributed by atoms with E-state index >= 15 is 0 Å². The van der Waals surface area contributed by atoms with E-state index in [2.05, 4.69) is 39.9 Å². The molecule has 0 spiro atoms. The standard InChI is InChI=1S/C31H33N5O2S2/c1-22-9-7-12-24(19-22)36-31-28(29(33-36)23-10-3-2-4-11-23)30(25-13-8-18-39-25)40-21-27(38)35(31)20-26(37)32-14-17-34-15-5-6-16-34/h2-4,7-13,18-19,30H,5-6,14-17,20-21H2,1H3,(H,32,37). The third-order valence-electron chi connectivity index (χ3n) is 7.43. The van der Waals surface area contributed by atoms with Crippen LogP contribution in [0.2, 0.25) is 0 Å². The number of likely N-dealkylation sites (tertiary alicyclic amines) is 1. The largest absolute Gasteiger partial charge is 0.353 e. The summed E-state index contributed by atoms with van der Waals surface area (Å²) in [5.41, 5.74) is 4.74. The number of nitrogens with one attached hydrogen (secondary N) is 1. The van der Waals surface area contributed by atoms with Crippen LogP contribution in [0.15, 0.2) is 72.1 Å². The summed E-state index contributed by atoms with van der Waals surface area (Å²) in [5.74, 6) is 0.706. The van der Waals surface area contributed by atoms with E-state index in [0.29, 0.717) is 12.4 Å². The molecule has 4 heterocycles. The van der Waals surface area contributed by atoms with E-state index in [4.69, 9.17) is 5.10 Å². The number of fused-ring (bicyclic) bond motifs is 1. The molecule has 40 heavy (non-hydrogen) atoms. The highest BCUT2D eigenvalue weighted by Gasteiger charge is 2.38. The first-order chi connectivity index (χ1) is 19.6. The van der Waals surface area contributed by atoms with Gasteiger partial charge in [-0.15, -0.1) is 23.1 Å². The zero-order valence-electron chi connectivity index (χ0n) is 22.6. The molecule has 1 fully saturated rings. The minimum Gasteiger partial charge on any atom is -0.353 e. The van der Waals surface area contributed by atoms with E-state index in [0.717, 1.165) is 52.6 Å². The fourth-order valence-electron chi connectivity index (χ4n) is 5.49. The summed E-state index contributed by atoms with van der Waals surface area (Å²) in [6, 6.07) is 22.4. The number of anilines is 1. The smallest absolute Gasteiger partial charge is 0.240 e. The number of carbonyl (C=O) groups is 2. The molecule has 1 unspecified atom stereocenters. The van der Waals surface area contributed by atoms with E-state index in [1.807, 2.05) is 54.1 Å². The van der Waals surface area contributed by atoms with Gasteiger partial charge < -0.3 is 10.2 Å². The lowest BCUT2D eigenvalue weighted by Crippen LogP contribution is -2.44. The lowest BCUT2D eigenvalue weighted by Gasteiger charge is -2.23. The van der Waals surface area contributed by atoms with Crippen LogP contribution >= 0.6 is 23.1 Å². The predicted octanol–water partition coefficient (Wildman–Crippen LogP) is 5.29. The summed E-state index contributed by atoms with van der Waals surface area (Å²) in [4.78, 5) is 32.3. The fourth-order valence-corrected chi connectivity index (χ4v) is 7.67. The van der Waals surface area contributed by atoms with Gasteiger partial charge in [0.2, 0.25) is 11.8 Å². The molecule has 9 heteroatoms. The lowest BCUT2D eigenvalue weighted by atomic mass is 10.0. The number of aromatic nitrogens is 2. The molecule has 1 saturated heterocycles. The van der Waals surface area contributed by atoms with Gasteiger partial charge in [-0.1, -0.05) is 48.5 Å². The second-order valence-electron chi connectivity index (χ2n) is 10.3. The summed E-state index contributed by atoms with van der Waals surface area (Å²) in [7, 11) is 0. The minimum absolute atomic E-state index is 0.0463. The Morgan fingerprint density at radius 3 is 2.62 bits per heavy atom. The Labute approximate surface area is 243 Å². The summed E-state index contributed by atoms with van der Waals surface area (Å²) in [6.07, 6.45) is 2.43. The van der Waals surface area contributed by atoms with Crippen LogP contribution in [-0.4, -0.2) is 65.0 Å². The molecule has 2 aromatic heterocycles. The predicted molar refractivity (Wildman–Crippen MR) is 163 cm³/mol. The molecule has 2 aliphatic rings. The molecule has 1 N–H and O–H groups in total. The van der Waals surface area contributed by atoms with Crippen molar-refractivity contribution in [3.63, 3.8) is 0 Å². The van der Waals surface area contributed by atoms with E-state index in [1.165, 1.54) is 12.8 Å². The van der Waals surface area contributed by atoms with Gasteiger partial charge in [0.05, 0.1) is 22.4 Å². The fraction of sp³-hybridized carbons (Fsp3) is 0.323. The molecule has 2 aromatic carbocycles. The van der Waals surface area contributed by atoms with Crippen LogP contribution in [-0.2, 0) is 9.59 Å². The Hall–Kier alpha value is -3.40. The maximum Gasteiger partial charge on any atom is 0.240 e. The van der Waals surface area contributed by atoms with Gasteiger partial charge in [-0.2, -0.15) is 5.10 Å². The van der Waals surface area contributed by atoms with Gasteiger partial charge in [0.1, 0.15) is 12.4 Å². The van der Waals surface area contributed by atoms with Crippen LogP contribution in [0, 0.1) is 6.92 Å². The number of hydrogen-bond acceptors (Lipinski definition) is 6. The van der Waals surface area contributed by atoms with Gasteiger partial charge in [-0.3, -0.25) is 14.5 Å². The highest BCUT2D eigenvalue weighted by atomic mass is 32.2. The number of hydrogen-bond donors (Lipinski definition) is 1. The maximum atomic E-state index is 13.8. The van der Waals surface area contributed by atoms with Gasteiger partial charge in [-0.25, -0.2) is 4.68 Å². The molecule has 6 rings (SSSR count). The van der Waals surface area contributed by atoms with E-state index in [9.17, 15) is 9.59 Å². The Morgan fingerprint density at radius 2 is 1.88 bits per heavy atom. The highest BCUT2D eigenvalue weighted by Crippen LogP contribution is 2.49. The van der Waals surface area contributed by atoms with Crippen LogP contribution in [0.25, 0.3) is 16.9 Å². The van der Waals surface area contributed by atoms with Crippen molar-refractivity contribution in [1.82, 2.24) is 20.0 Å². The van der Waals surface area contributed by atoms with Crippen molar-refractivity contribution < 1.29 is 9.59 Å². The number of thioether (sulfide) groups is 1. The monoisotopic (exact) mass is 571 g/mol. The van der Waals surface area contributed by atoms with Gasteiger partial charge in [0.25, 0.3) is 0 Å². The third kappa shape index (κ3) is 5.59. The Kier molecular flexibility index (Phi) is 8.04. The highest BCUT2D eigenvalue weighted by molar-refractivity contribution is 8.00. The number of thiophene rings is 1. The van der Waals surface area contributed by atoms with Crippen molar-refractivity contribution in [1.29, 1.82) is 0 Å². The van der Waals surface area contributed by atoms with Crippen molar-refractivity contribution in [2.45, 2.75) is 25.0 Å². The molecule has 4 aromatic rings. The van der Waals surface area contributed by atoms with Crippen molar-refractivity contribution in [2.75, 3.05) is 43.4 Å². The summed E-state index contributed by atoms with van der Waals surface area (Å²) >= 11 is 3.29. The maximum absolute atomic E-state index is 13.8. The van der Waals surface area contributed by atoms with Crippen LogP contribution in [0.3, 0.4) is 0 Å². The van der Waals surface area contributed by atoms with E-state index < -0.39 is 0 Å². The molecule has 1 atom stereocenters. The Morgan fingerprint density at radius 1 is 1.05 bits per heavy atom. The average Bonchev–Trinajstić information content (AvgIpc) is 3.73. The van der Waals surface area contributed by atoms with Crippen molar-refractivity contribution >= 4 is 40.7 Å². The number of aryl methyl sites for hydroxylation is 1. The van der Waals surface area contributed by atoms with Crippen molar-refractivity contribution in [3.05, 3.63) is 88.1 Å². The molecule has 7 nitrogen and oxygen atoms in total. The van der Waals surface area contributed by atoms with Gasteiger partial charge in [0.15, 0.2) is 0 Å². The first kappa shape index (κ1) is 26.8. The summed E-state index contributed by atoms with van der Waals surface area (Å²) < 4.78 is 1.87. The van der Waals surface area contributed by atoms with Crippen LogP contribution in [0.4, 0.5) is 5.82 Å². The van der Waals surface area contributed by atoms with Gasteiger partial charge in [0, 0.05) is 29.1 Å². The third-order valence-corrected chi connectivity index (χ3v) is 9.76. The average molecular weight is 572 g/mol. The summed E-state index contributed by atoms with van der Waals surface area (Å²) in [5, 5.41) is 10.2. The quantitative estimate of drug-likeness (QED) is 0.311. The molecule has 2 amide bonds. The number of benzene rings is 2. The molecule has 0 aliphatic carbocycles. The number of nitrogens with zero attached hydrogens (tertiary/aromatic N) is 4. The van der Waals surface area contributed by atoms with E-state index in [1.54, 1.807) is 28.0 Å². The second-order valence-corrected chi connectivity index (χ2v) is 12.4. The number of rotatable bonds is 8. The second kappa shape index (κ2) is 12.0. The molecular formula is C31H33N5O2S2. The van der Waals surface area contributed by atoms with Gasteiger partial charge >= 0.3 is 0 Å². The van der Waals surface area contributed by atoms with Crippen LogP contribution in [0.5, 0.6) is 0 Å². The van der Waals surface area contributed by atoms with E-state index in [-0.39, 0.29) is 29.4 Å². The molecular weight excluding hydrogens is 539 g/mol. The molecule has 0 saturated carbocycles. The minimum atomic E-state index is -0.156. The Bertz CT molecular complexity index is 1480. The number of amides is 2. The molecule has 206 valence electrons. The van der Waals surface area contributed by atoms with Crippen molar-refractivity contribution in [3.8, 4) is 16.9 Å². The molecule has 0 radical (unpaired) electrons. The van der Waals surface area contributed by atoms with Crippen molar-refractivity contribution in [2.24, 2.45) is 0 Å². The first-order valence-electron chi connectivity index (χ1n) is 13.8. The molecule has 2 aliphatic heterocycles. The SMILES string of the molecule is Cc1cccc(-n2nc(-c3ccccc3)c3c2N(CC(=O)NCCN2CCCC2)C(=O)CSC3c2cccs2)c1. The van der Waals surface area contributed by atoms with Crippen LogP contribution in [0.1, 0.15) is 34.1 Å². The first-order valence-corrected chi connectivity index (χ1v) is 15.7. The summed E-state index contributed by atoms with van der Waals surface area (Å²) in [6.45, 7) is 5.58. The Balaban J connectivity index is 1.45. The zero-order valence-corrected chi connectivity index (χ0v) is 24.2. The number of carbonyl (C=O) groups excluding carboxylic acids is 2. The normalized spacial score (nSPS) is 17.6. The van der Waals surface area contributed by atoms with Gasteiger partial charge in [-0.05, 0) is 62.0 Å².